The van der Waals surface area contributed by atoms with E-state index in [4.69, 9.17) is 15.9 Å². The lowest BCUT2D eigenvalue weighted by Gasteiger charge is -2.39. The van der Waals surface area contributed by atoms with Crippen molar-refractivity contribution in [3.05, 3.63) is 52.3 Å². The molecule has 1 fully saturated rings. The van der Waals surface area contributed by atoms with E-state index < -0.39 is 41.6 Å². The summed E-state index contributed by atoms with van der Waals surface area (Å²) in [6, 6.07) is 4.82. The van der Waals surface area contributed by atoms with E-state index in [9.17, 15) is 36.4 Å². The Labute approximate surface area is 196 Å². The monoisotopic (exact) mass is 497 g/mol. The highest BCUT2D eigenvalue weighted by Gasteiger charge is 2.41. The van der Waals surface area contributed by atoms with E-state index in [1.807, 2.05) is 0 Å². The summed E-state index contributed by atoms with van der Waals surface area (Å²) in [5, 5.41) is 9.31. The molecule has 1 unspecified atom stereocenters. The molecule has 0 saturated carbocycles. The fourth-order valence-electron chi connectivity index (χ4n) is 3.47. The zero-order valence-electron chi connectivity index (χ0n) is 18.3. The lowest BCUT2D eigenvalue weighted by molar-refractivity contribution is -0.189. The summed E-state index contributed by atoms with van der Waals surface area (Å²) in [7, 11) is 1.15. The molecule has 1 aliphatic rings. The van der Waals surface area contributed by atoms with Gasteiger partial charge >= 0.3 is 12.4 Å². The van der Waals surface area contributed by atoms with Crippen molar-refractivity contribution in [2.24, 2.45) is 0 Å². The quantitative estimate of drug-likeness (QED) is 0.448. The van der Waals surface area contributed by atoms with Crippen LogP contribution >= 0.6 is 0 Å². The molecule has 2 aromatic rings. The third kappa shape index (κ3) is 5.11. The maximum Gasteiger partial charge on any atom is 0.425 e. The molecule has 1 aliphatic heterocycles. The van der Waals surface area contributed by atoms with Crippen LogP contribution in [0.15, 0.2) is 24.4 Å². The van der Waals surface area contributed by atoms with E-state index in [0.717, 1.165) is 32.2 Å². The molecule has 35 heavy (non-hydrogen) atoms. The van der Waals surface area contributed by atoms with Crippen LogP contribution in [-0.2, 0) is 6.18 Å². The SMILES string of the molecule is C#Cc1cc(C(F)(F)F)cnc1C1CN(C(=O)c2c(OC(C)C(F)(F)F)ccc(C#N)c2OC)C1. The number of alkyl halides is 6. The van der Waals surface area contributed by atoms with Gasteiger partial charge in [0.05, 0.1) is 23.9 Å². The summed E-state index contributed by atoms with van der Waals surface area (Å²) in [4.78, 5) is 18.3. The summed E-state index contributed by atoms with van der Waals surface area (Å²) < 4.78 is 88.1. The normalized spacial score (nSPS) is 15.0. The first kappa shape index (κ1) is 25.7. The molecule has 0 N–H and O–H groups in total. The maximum absolute atomic E-state index is 13.2. The molecule has 0 bridgehead atoms. The molecule has 1 saturated heterocycles. The van der Waals surface area contributed by atoms with Crippen molar-refractivity contribution < 1.29 is 40.6 Å². The van der Waals surface area contributed by atoms with Gasteiger partial charge in [0.2, 0.25) is 0 Å². The summed E-state index contributed by atoms with van der Waals surface area (Å²) in [6.45, 7) is 0.705. The Hall–Kier alpha value is -3.93. The smallest absolute Gasteiger partial charge is 0.425 e. The van der Waals surface area contributed by atoms with Crippen molar-refractivity contribution >= 4 is 5.91 Å². The van der Waals surface area contributed by atoms with E-state index in [2.05, 4.69) is 10.9 Å². The molecule has 1 atom stereocenters. The number of pyridine rings is 1. The van der Waals surface area contributed by atoms with E-state index in [0.29, 0.717) is 6.20 Å². The second kappa shape index (κ2) is 9.37. The van der Waals surface area contributed by atoms with Gasteiger partial charge in [-0.1, -0.05) is 5.92 Å². The van der Waals surface area contributed by atoms with Gasteiger partial charge in [0.25, 0.3) is 5.91 Å². The minimum atomic E-state index is -4.72. The van der Waals surface area contributed by atoms with Crippen LogP contribution in [0.1, 0.15) is 45.6 Å². The van der Waals surface area contributed by atoms with Crippen LogP contribution in [0, 0.1) is 23.7 Å². The number of nitriles is 1. The van der Waals surface area contributed by atoms with Crippen LogP contribution in [0.5, 0.6) is 11.5 Å². The standard InChI is InChI=1S/C23H17F6N3O3/c1-4-13-7-16(23(27,28)29)9-31-19(13)15-10-32(11-15)21(33)18-17(35-12(2)22(24,25)26)6-5-14(8-30)20(18)34-3/h1,5-7,9,12,15H,10-11H2,2-3H3. The predicted octanol–water partition coefficient (Wildman–Crippen LogP) is 4.53. The molecular weight excluding hydrogens is 480 g/mol. The average Bonchev–Trinajstić information content (AvgIpc) is 2.76. The minimum absolute atomic E-state index is 0.0277. The van der Waals surface area contributed by atoms with Gasteiger partial charge in [-0.15, -0.1) is 6.42 Å². The van der Waals surface area contributed by atoms with Gasteiger partial charge in [0.1, 0.15) is 17.4 Å². The largest absolute Gasteiger partial charge is 0.494 e. The maximum atomic E-state index is 13.2. The number of hydrogen-bond acceptors (Lipinski definition) is 5. The molecule has 1 aromatic heterocycles. The second-order valence-electron chi connectivity index (χ2n) is 7.64. The molecule has 184 valence electrons. The number of carbonyl (C=O) groups excluding carboxylic acids is 1. The first-order chi connectivity index (χ1) is 16.3. The summed E-state index contributed by atoms with van der Waals surface area (Å²) >= 11 is 0. The first-order valence-corrected chi connectivity index (χ1v) is 9.99. The number of carbonyl (C=O) groups is 1. The third-order valence-electron chi connectivity index (χ3n) is 5.38. The number of likely N-dealkylation sites (tertiary alicyclic amines) is 1. The Balaban J connectivity index is 1.90. The second-order valence-corrected chi connectivity index (χ2v) is 7.64. The summed E-state index contributed by atoms with van der Waals surface area (Å²) in [6.07, 6.45) is -5.63. The van der Waals surface area contributed by atoms with Crippen LogP contribution in [0.2, 0.25) is 0 Å². The zero-order valence-corrected chi connectivity index (χ0v) is 18.3. The number of hydrogen-bond donors (Lipinski definition) is 0. The highest BCUT2D eigenvalue weighted by atomic mass is 19.4. The lowest BCUT2D eigenvalue weighted by Crippen LogP contribution is -2.49. The van der Waals surface area contributed by atoms with Crippen LogP contribution in [-0.4, -0.2) is 48.3 Å². The number of halogens is 6. The Morgan fingerprint density at radius 1 is 1.23 bits per heavy atom. The molecule has 2 heterocycles. The van der Waals surface area contributed by atoms with Crippen LogP contribution < -0.4 is 9.47 Å². The highest BCUT2D eigenvalue weighted by Crippen LogP contribution is 2.39. The van der Waals surface area contributed by atoms with Crippen molar-refractivity contribution in [1.82, 2.24) is 9.88 Å². The molecule has 0 radical (unpaired) electrons. The number of aromatic nitrogens is 1. The number of ether oxygens (including phenoxy) is 2. The van der Waals surface area contributed by atoms with Crippen molar-refractivity contribution in [1.29, 1.82) is 5.26 Å². The Morgan fingerprint density at radius 3 is 2.40 bits per heavy atom. The van der Waals surface area contributed by atoms with Gasteiger partial charge in [0.15, 0.2) is 11.9 Å². The molecule has 3 rings (SSSR count). The van der Waals surface area contributed by atoms with Crippen molar-refractivity contribution in [2.75, 3.05) is 20.2 Å². The fourth-order valence-corrected chi connectivity index (χ4v) is 3.47. The van der Waals surface area contributed by atoms with E-state index >= 15 is 0 Å². The number of methoxy groups -OCH3 is 1. The van der Waals surface area contributed by atoms with Crippen LogP contribution in [0.4, 0.5) is 26.3 Å². The van der Waals surface area contributed by atoms with E-state index in [1.54, 1.807) is 6.07 Å². The summed E-state index contributed by atoms with van der Waals surface area (Å²) in [5.41, 5.74) is -1.38. The number of terminal acetylenes is 1. The molecular formula is C23H17F6N3O3. The topological polar surface area (TPSA) is 75.5 Å². The molecule has 0 spiro atoms. The van der Waals surface area contributed by atoms with Gasteiger partial charge in [0, 0.05) is 30.8 Å². The van der Waals surface area contributed by atoms with Gasteiger partial charge in [-0.25, -0.2) is 0 Å². The number of nitrogens with zero attached hydrogens (tertiary/aromatic N) is 3. The third-order valence-corrected chi connectivity index (χ3v) is 5.38. The molecule has 12 heteroatoms. The Bertz CT molecular complexity index is 1220. The number of benzene rings is 1. The predicted molar refractivity (Wildman–Crippen MR) is 110 cm³/mol. The molecule has 1 aromatic carbocycles. The molecule has 0 aliphatic carbocycles. The fraction of sp³-hybridized carbons (Fsp3) is 0.348. The highest BCUT2D eigenvalue weighted by molar-refractivity contribution is 6.01. The molecule has 6 nitrogen and oxygen atoms in total. The first-order valence-electron chi connectivity index (χ1n) is 9.99. The summed E-state index contributed by atoms with van der Waals surface area (Å²) in [5.74, 6) is 0.182. The Kier molecular flexibility index (Phi) is 6.88. The van der Waals surface area contributed by atoms with Gasteiger partial charge < -0.3 is 14.4 Å². The number of rotatable bonds is 5. The van der Waals surface area contributed by atoms with Gasteiger partial charge in [-0.05, 0) is 25.1 Å². The minimum Gasteiger partial charge on any atom is -0.494 e. The molecule has 1 amide bonds. The number of amides is 1. The lowest BCUT2D eigenvalue weighted by atomic mass is 9.91. The van der Waals surface area contributed by atoms with Crippen molar-refractivity contribution in [3.8, 4) is 29.9 Å². The van der Waals surface area contributed by atoms with E-state index in [1.165, 1.54) is 4.90 Å². The van der Waals surface area contributed by atoms with Crippen molar-refractivity contribution in [3.63, 3.8) is 0 Å². The van der Waals surface area contributed by atoms with E-state index in [-0.39, 0.29) is 41.2 Å². The van der Waals surface area contributed by atoms with Gasteiger partial charge in [-0.3, -0.25) is 9.78 Å². The zero-order chi connectivity index (χ0) is 26.1. The Morgan fingerprint density at radius 2 is 1.89 bits per heavy atom. The van der Waals surface area contributed by atoms with Gasteiger partial charge in [-0.2, -0.15) is 31.6 Å². The van der Waals surface area contributed by atoms with Crippen LogP contribution in [0.25, 0.3) is 0 Å². The van der Waals surface area contributed by atoms with Crippen molar-refractivity contribution in [2.45, 2.75) is 31.3 Å². The van der Waals surface area contributed by atoms with Crippen LogP contribution in [0.3, 0.4) is 0 Å². The average molecular weight is 497 g/mol.